The van der Waals surface area contributed by atoms with Gasteiger partial charge in [-0.2, -0.15) is 0 Å². The molecule has 0 aliphatic heterocycles. The van der Waals surface area contributed by atoms with E-state index in [9.17, 15) is 9.59 Å². The number of hydrogen-bond acceptors (Lipinski definition) is 5. The fourth-order valence-electron chi connectivity index (χ4n) is 2.71. The Morgan fingerprint density at radius 3 is 2.55 bits per heavy atom. The molecule has 0 aliphatic carbocycles. The third kappa shape index (κ3) is 5.35. The molecule has 0 saturated heterocycles. The maximum Gasteiger partial charge on any atom is 0.332 e. The molecule has 3 rings (SSSR count). The minimum atomic E-state index is -1.13. The van der Waals surface area contributed by atoms with Crippen molar-refractivity contribution in [3.05, 3.63) is 89.9 Å². The molecular formula is C23H21NO5. The van der Waals surface area contributed by atoms with Crippen LogP contribution in [0.4, 0.5) is 5.69 Å². The van der Waals surface area contributed by atoms with Gasteiger partial charge in [-0.1, -0.05) is 36.4 Å². The highest BCUT2D eigenvalue weighted by Crippen LogP contribution is 2.27. The summed E-state index contributed by atoms with van der Waals surface area (Å²) in [5.74, 6) is -0.131. The molecule has 0 fully saturated rings. The Morgan fingerprint density at radius 2 is 1.86 bits per heavy atom. The summed E-state index contributed by atoms with van der Waals surface area (Å²) in [5.41, 5.74) is 2.01. The van der Waals surface area contributed by atoms with E-state index in [1.165, 1.54) is 25.5 Å². The van der Waals surface area contributed by atoms with Crippen LogP contribution in [0.25, 0.3) is 6.08 Å². The van der Waals surface area contributed by atoms with E-state index in [2.05, 4.69) is 5.32 Å². The van der Waals surface area contributed by atoms with Crippen LogP contribution in [0.5, 0.6) is 5.75 Å². The van der Waals surface area contributed by atoms with Crippen LogP contribution in [0.2, 0.25) is 0 Å². The normalized spacial score (nSPS) is 11.8. The van der Waals surface area contributed by atoms with Crippen LogP contribution < -0.4 is 10.1 Å². The minimum Gasteiger partial charge on any atom is -0.495 e. The number of carbonyl (C=O) groups is 2. The van der Waals surface area contributed by atoms with E-state index in [4.69, 9.17) is 13.9 Å². The molecule has 148 valence electrons. The van der Waals surface area contributed by atoms with E-state index in [0.29, 0.717) is 22.8 Å². The van der Waals surface area contributed by atoms with Gasteiger partial charge in [0.15, 0.2) is 0 Å². The van der Waals surface area contributed by atoms with Crippen molar-refractivity contribution in [2.75, 3.05) is 12.4 Å². The van der Waals surface area contributed by atoms with E-state index in [0.717, 1.165) is 5.56 Å². The largest absolute Gasteiger partial charge is 0.495 e. The molecule has 6 heteroatoms. The van der Waals surface area contributed by atoms with Crippen molar-refractivity contribution in [3.63, 3.8) is 0 Å². The molecule has 0 spiro atoms. The molecule has 2 aromatic carbocycles. The zero-order chi connectivity index (χ0) is 20.6. The first kappa shape index (κ1) is 19.9. The molecule has 29 heavy (non-hydrogen) atoms. The lowest BCUT2D eigenvalue weighted by Crippen LogP contribution is -2.25. The molecule has 1 N–H and O–H groups in total. The van der Waals surface area contributed by atoms with Gasteiger partial charge < -0.3 is 19.2 Å². The SMILES string of the molecule is COc1ccc(C)cc1NC(=O)[C@@H](OC(=O)/C=C/c1ccco1)c1ccccc1. The molecule has 0 bridgehead atoms. The Kier molecular flexibility index (Phi) is 6.47. The zero-order valence-electron chi connectivity index (χ0n) is 16.1. The highest BCUT2D eigenvalue weighted by atomic mass is 16.5. The number of ether oxygens (including phenoxy) is 2. The topological polar surface area (TPSA) is 77.8 Å². The van der Waals surface area contributed by atoms with E-state index < -0.39 is 18.0 Å². The summed E-state index contributed by atoms with van der Waals surface area (Å²) in [6.07, 6.45) is 3.07. The van der Waals surface area contributed by atoms with Gasteiger partial charge in [0.25, 0.3) is 5.91 Å². The van der Waals surface area contributed by atoms with Gasteiger partial charge in [0, 0.05) is 11.6 Å². The summed E-state index contributed by atoms with van der Waals surface area (Å²) in [7, 11) is 1.52. The summed E-state index contributed by atoms with van der Waals surface area (Å²) in [6.45, 7) is 1.91. The molecule has 1 heterocycles. The van der Waals surface area contributed by atoms with Crippen molar-refractivity contribution in [3.8, 4) is 5.75 Å². The maximum absolute atomic E-state index is 13.0. The predicted molar refractivity (Wildman–Crippen MR) is 109 cm³/mol. The van der Waals surface area contributed by atoms with Crippen LogP contribution in [0.15, 0.2) is 77.4 Å². The third-order valence-corrected chi connectivity index (χ3v) is 4.11. The average Bonchev–Trinajstić information content (AvgIpc) is 3.25. The molecule has 0 aliphatic rings. The number of hydrogen-bond donors (Lipinski definition) is 1. The molecular weight excluding hydrogens is 370 g/mol. The first-order chi connectivity index (χ1) is 14.1. The number of rotatable bonds is 7. The summed E-state index contributed by atoms with van der Waals surface area (Å²) < 4.78 is 15.9. The van der Waals surface area contributed by atoms with Crippen LogP contribution in [0.1, 0.15) is 23.0 Å². The Hall–Kier alpha value is -3.80. The minimum absolute atomic E-state index is 0.486. The van der Waals surface area contributed by atoms with Gasteiger partial charge in [-0.3, -0.25) is 4.79 Å². The van der Waals surface area contributed by atoms with Gasteiger partial charge >= 0.3 is 5.97 Å². The van der Waals surface area contributed by atoms with Crippen LogP contribution in [0, 0.1) is 6.92 Å². The van der Waals surface area contributed by atoms with Crippen LogP contribution in [-0.2, 0) is 14.3 Å². The van der Waals surface area contributed by atoms with Gasteiger partial charge in [-0.15, -0.1) is 0 Å². The Morgan fingerprint density at radius 1 is 1.07 bits per heavy atom. The van der Waals surface area contributed by atoms with Crippen molar-refractivity contribution in [2.45, 2.75) is 13.0 Å². The summed E-state index contributed by atoms with van der Waals surface area (Å²) in [4.78, 5) is 25.3. The second kappa shape index (κ2) is 9.41. The number of esters is 1. The number of carbonyl (C=O) groups excluding carboxylic acids is 2. The smallest absolute Gasteiger partial charge is 0.332 e. The van der Waals surface area contributed by atoms with Crippen molar-refractivity contribution in [1.29, 1.82) is 0 Å². The Balaban J connectivity index is 1.81. The van der Waals surface area contributed by atoms with E-state index in [-0.39, 0.29) is 0 Å². The molecule has 0 saturated carbocycles. The van der Waals surface area contributed by atoms with E-state index in [1.807, 2.05) is 19.1 Å². The summed E-state index contributed by atoms with van der Waals surface area (Å²) >= 11 is 0. The molecule has 6 nitrogen and oxygen atoms in total. The first-order valence-corrected chi connectivity index (χ1v) is 8.99. The molecule has 1 amide bonds. The van der Waals surface area contributed by atoms with Gasteiger partial charge in [0.2, 0.25) is 6.10 Å². The number of benzene rings is 2. The lowest BCUT2D eigenvalue weighted by atomic mass is 10.1. The Labute approximate surface area is 168 Å². The van der Waals surface area contributed by atoms with Gasteiger partial charge in [-0.05, 0) is 42.8 Å². The first-order valence-electron chi connectivity index (χ1n) is 8.99. The van der Waals surface area contributed by atoms with Crippen molar-refractivity contribution in [2.24, 2.45) is 0 Å². The number of anilines is 1. The van der Waals surface area contributed by atoms with Gasteiger partial charge in [0.1, 0.15) is 11.5 Å². The molecule has 1 aromatic heterocycles. The van der Waals surface area contributed by atoms with Crippen molar-refractivity contribution < 1.29 is 23.5 Å². The number of amides is 1. The molecule has 0 radical (unpaired) electrons. The monoisotopic (exact) mass is 391 g/mol. The quantitative estimate of drug-likeness (QED) is 0.473. The van der Waals surface area contributed by atoms with Gasteiger partial charge in [0.05, 0.1) is 19.1 Å². The number of aryl methyl sites for hydroxylation is 1. The standard InChI is InChI=1S/C23H21NO5/c1-16-10-12-20(27-2)19(15-16)24-23(26)22(17-7-4-3-5-8-17)29-21(25)13-11-18-9-6-14-28-18/h3-15,22H,1-2H3,(H,24,26)/b13-11+/t22-/m0/s1. The van der Waals surface area contributed by atoms with Crippen molar-refractivity contribution in [1.82, 2.24) is 0 Å². The fourth-order valence-corrected chi connectivity index (χ4v) is 2.71. The molecule has 0 unspecified atom stereocenters. The van der Waals surface area contributed by atoms with E-state index in [1.54, 1.807) is 48.5 Å². The second-order valence-corrected chi connectivity index (χ2v) is 6.27. The highest BCUT2D eigenvalue weighted by Gasteiger charge is 2.25. The van der Waals surface area contributed by atoms with Crippen LogP contribution in [-0.4, -0.2) is 19.0 Å². The molecule has 3 aromatic rings. The van der Waals surface area contributed by atoms with Gasteiger partial charge in [-0.25, -0.2) is 4.79 Å². The number of methoxy groups -OCH3 is 1. The zero-order valence-corrected chi connectivity index (χ0v) is 16.1. The van der Waals surface area contributed by atoms with Crippen LogP contribution in [0.3, 0.4) is 0 Å². The summed E-state index contributed by atoms with van der Waals surface area (Å²) in [5, 5.41) is 2.79. The number of furan rings is 1. The molecule has 1 atom stereocenters. The van der Waals surface area contributed by atoms with Crippen LogP contribution >= 0.6 is 0 Å². The number of nitrogens with one attached hydrogen (secondary N) is 1. The lowest BCUT2D eigenvalue weighted by Gasteiger charge is -2.18. The second-order valence-electron chi connectivity index (χ2n) is 6.27. The Bertz CT molecular complexity index is 993. The highest BCUT2D eigenvalue weighted by molar-refractivity contribution is 5.98. The van der Waals surface area contributed by atoms with E-state index >= 15 is 0 Å². The van der Waals surface area contributed by atoms with Crippen molar-refractivity contribution >= 4 is 23.6 Å². The average molecular weight is 391 g/mol. The maximum atomic E-state index is 13.0. The fraction of sp³-hybridized carbons (Fsp3) is 0.130. The third-order valence-electron chi connectivity index (χ3n) is 4.11. The predicted octanol–water partition coefficient (Wildman–Crippen LogP) is 4.53. The lowest BCUT2D eigenvalue weighted by molar-refractivity contribution is -0.149. The summed E-state index contributed by atoms with van der Waals surface area (Å²) in [6, 6.07) is 17.7.